The number of carbonyl (C=O) groups excluding carboxylic acids is 1. The second kappa shape index (κ2) is 6.71. The molecular formula is C16H24N2O. The molecule has 1 saturated heterocycles. The average molecular weight is 260 g/mol. The van der Waals surface area contributed by atoms with Gasteiger partial charge in [0, 0.05) is 31.7 Å². The van der Waals surface area contributed by atoms with Crippen molar-refractivity contribution < 1.29 is 4.79 Å². The minimum absolute atomic E-state index is 0.208. The van der Waals surface area contributed by atoms with E-state index in [0.717, 1.165) is 51.1 Å². The van der Waals surface area contributed by atoms with Crippen molar-refractivity contribution in [1.82, 2.24) is 9.80 Å². The third-order valence-corrected chi connectivity index (χ3v) is 3.87. The van der Waals surface area contributed by atoms with Gasteiger partial charge in [-0.3, -0.25) is 4.79 Å². The maximum absolute atomic E-state index is 12.6. The first-order valence-electron chi connectivity index (χ1n) is 7.35. The van der Waals surface area contributed by atoms with Crippen LogP contribution in [0.1, 0.15) is 36.2 Å². The third kappa shape index (κ3) is 3.35. The number of benzene rings is 1. The number of carbonyl (C=O) groups is 1. The lowest BCUT2D eigenvalue weighted by atomic mass is 10.0. The molecule has 3 nitrogen and oxygen atoms in total. The van der Waals surface area contributed by atoms with E-state index in [4.69, 9.17) is 0 Å². The Labute approximate surface area is 116 Å². The van der Waals surface area contributed by atoms with E-state index in [1.165, 1.54) is 5.56 Å². The Kier molecular flexibility index (Phi) is 4.97. The highest BCUT2D eigenvalue weighted by atomic mass is 16.2. The summed E-state index contributed by atoms with van der Waals surface area (Å²) >= 11 is 0. The number of hydrogen-bond donors (Lipinski definition) is 0. The maximum atomic E-state index is 12.6. The van der Waals surface area contributed by atoms with Crippen LogP contribution in [0, 0.1) is 0 Å². The molecule has 1 aliphatic heterocycles. The smallest absolute Gasteiger partial charge is 0.254 e. The largest absolute Gasteiger partial charge is 0.336 e. The molecule has 0 bridgehead atoms. The van der Waals surface area contributed by atoms with Gasteiger partial charge in [-0.1, -0.05) is 38.5 Å². The molecule has 3 heteroatoms. The van der Waals surface area contributed by atoms with Crippen molar-refractivity contribution in [3.8, 4) is 0 Å². The Bertz CT molecular complexity index is 423. The summed E-state index contributed by atoms with van der Waals surface area (Å²) in [5.41, 5.74) is 2.09. The number of hydrogen-bond acceptors (Lipinski definition) is 2. The van der Waals surface area contributed by atoms with Gasteiger partial charge >= 0.3 is 0 Å². The minimum Gasteiger partial charge on any atom is -0.336 e. The molecule has 1 aromatic carbocycles. The summed E-state index contributed by atoms with van der Waals surface area (Å²) in [5, 5.41) is 0. The van der Waals surface area contributed by atoms with Crippen LogP contribution in [0.4, 0.5) is 0 Å². The molecule has 0 aliphatic carbocycles. The molecule has 1 heterocycles. The van der Waals surface area contributed by atoms with E-state index < -0.39 is 0 Å². The van der Waals surface area contributed by atoms with Crippen LogP contribution >= 0.6 is 0 Å². The predicted molar refractivity (Wildman–Crippen MR) is 78.5 cm³/mol. The molecule has 0 unspecified atom stereocenters. The Morgan fingerprint density at radius 2 is 1.79 bits per heavy atom. The van der Waals surface area contributed by atoms with Gasteiger partial charge in [0.25, 0.3) is 5.91 Å². The molecule has 0 radical (unpaired) electrons. The SMILES string of the molecule is CCCc1ccccc1C(=O)N1CCN(CC)CC1. The lowest BCUT2D eigenvalue weighted by Gasteiger charge is -2.34. The number of nitrogens with zero attached hydrogens (tertiary/aromatic N) is 2. The average Bonchev–Trinajstić information content (AvgIpc) is 2.47. The van der Waals surface area contributed by atoms with Crippen molar-refractivity contribution >= 4 is 5.91 Å². The van der Waals surface area contributed by atoms with Crippen molar-refractivity contribution in [2.24, 2.45) is 0 Å². The molecule has 1 amide bonds. The zero-order valence-corrected chi connectivity index (χ0v) is 12.1. The molecule has 1 aliphatic rings. The van der Waals surface area contributed by atoms with Crippen LogP contribution in [-0.2, 0) is 6.42 Å². The highest BCUT2D eigenvalue weighted by Crippen LogP contribution is 2.15. The number of rotatable bonds is 4. The number of likely N-dealkylation sites (N-methyl/N-ethyl adjacent to an activating group) is 1. The van der Waals surface area contributed by atoms with Gasteiger partial charge in [-0.15, -0.1) is 0 Å². The molecule has 2 rings (SSSR count). The van der Waals surface area contributed by atoms with Crippen LogP contribution in [0.2, 0.25) is 0 Å². The van der Waals surface area contributed by atoms with E-state index in [1.54, 1.807) is 0 Å². The van der Waals surface area contributed by atoms with Crippen molar-refractivity contribution in [1.29, 1.82) is 0 Å². The standard InChI is InChI=1S/C16H24N2O/c1-3-7-14-8-5-6-9-15(14)16(19)18-12-10-17(4-2)11-13-18/h5-6,8-9H,3-4,7,10-13H2,1-2H3. The van der Waals surface area contributed by atoms with Gasteiger partial charge in [0.2, 0.25) is 0 Å². The maximum Gasteiger partial charge on any atom is 0.254 e. The number of aryl methyl sites for hydroxylation is 1. The number of piperazine rings is 1. The summed E-state index contributed by atoms with van der Waals surface area (Å²) in [6, 6.07) is 8.05. The summed E-state index contributed by atoms with van der Waals surface area (Å²) < 4.78 is 0. The van der Waals surface area contributed by atoms with Crippen LogP contribution in [0.25, 0.3) is 0 Å². The van der Waals surface area contributed by atoms with E-state index in [0.29, 0.717) is 0 Å². The first kappa shape index (κ1) is 14.1. The van der Waals surface area contributed by atoms with Crippen molar-refractivity contribution in [2.45, 2.75) is 26.7 Å². The molecule has 0 aromatic heterocycles. The molecule has 19 heavy (non-hydrogen) atoms. The fraction of sp³-hybridized carbons (Fsp3) is 0.562. The quantitative estimate of drug-likeness (QED) is 0.830. The van der Waals surface area contributed by atoms with E-state index in [2.05, 4.69) is 24.8 Å². The molecule has 0 saturated carbocycles. The summed E-state index contributed by atoms with van der Waals surface area (Å²) in [6.07, 6.45) is 2.06. The first-order chi connectivity index (χ1) is 9.26. The highest BCUT2D eigenvalue weighted by Gasteiger charge is 2.22. The Hall–Kier alpha value is -1.35. The van der Waals surface area contributed by atoms with Crippen molar-refractivity contribution in [2.75, 3.05) is 32.7 Å². The van der Waals surface area contributed by atoms with E-state index in [9.17, 15) is 4.79 Å². The molecule has 1 aromatic rings. The van der Waals surface area contributed by atoms with E-state index in [1.807, 2.05) is 23.1 Å². The van der Waals surface area contributed by atoms with Gasteiger partial charge in [0.05, 0.1) is 0 Å². The van der Waals surface area contributed by atoms with Crippen molar-refractivity contribution in [3.05, 3.63) is 35.4 Å². The van der Waals surface area contributed by atoms with Crippen molar-refractivity contribution in [3.63, 3.8) is 0 Å². The fourth-order valence-corrected chi connectivity index (χ4v) is 2.65. The second-order valence-corrected chi connectivity index (χ2v) is 5.13. The normalized spacial score (nSPS) is 16.6. The van der Waals surface area contributed by atoms with Gasteiger partial charge in [-0.05, 0) is 24.6 Å². The summed E-state index contributed by atoms with van der Waals surface area (Å²) in [6.45, 7) is 9.11. The summed E-state index contributed by atoms with van der Waals surface area (Å²) in [7, 11) is 0. The lowest BCUT2D eigenvalue weighted by Crippen LogP contribution is -2.48. The zero-order chi connectivity index (χ0) is 13.7. The van der Waals surface area contributed by atoms with Gasteiger partial charge in [-0.25, -0.2) is 0 Å². The van der Waals surface area contributed by atoms with Gasteiger partial charge in [-0.2, -0.15) is 0 Å². The van der Waals surface area contributed by atoms with Crippen LogP contribution in [0.3, 0.4) is 0 Å². The Balaban J connectivity index is 2.07. The Morgan fingerprint density at radius 1 is 1.11 bits per heavy atom. The summed E-state index contributed by atoms with van der Waals surface area (Å²) in [5.74, 6) is 0.208. The molecule has 104 valence electrons. The van der Waals surface area contributed by atoms with Crippen LogP contribution in [-0.4, -0.2) is 48.4 Å². The number of amides is 1. The first-order valence-corrected chi connectivity index (χ1v) is 7.35. The summed E-state index contributed by atoms with van der Waals surface area (Å²) in [4.78, 5) is 17.0. The predicted octanol–water partition coefficient (Wildman–Crippen LogP) is 2.42. The second-order valence-electron chi connectivity index (χ2n) is 5.13. The molecule has 0 N–H and O–H groups in total. The van der Waals surface area contributed by atoms with Crippen LogP contribution in [0.15, 0.2) is 24.3 Å². The monoisotopic (exact) mass is 260 g/mol. The zero-order valence-electron chi connectivity index (χ0n) is 12.1. The highest BCUT2D eigenvalue weighted by molar-refractivity contribution is 5.95. The Morgan fingerprint density at radius 3 is 2.42 bits per heavy atom. The topological polar surface area (TPSA) is 23.6 Å². The van der Waals surface area contributed by atoms with Crippen LogP contribution < -0.4 is 0 Å². The molecular weight excluding hydrogens is 236 g/mol. The minimum atomic E-state index is 0.208. The third-order valence-electron chi connectivity index (χ3n) is 3.87. The van der Waals surface area contributed by atoms with Gasteiger partial charge in [0.1, 0.15) is 0 Å². The molecule has 1 fully saturated rings. The van der Waals surface area contributed by atoms with E-state index >= 15 is 0 Å². The van der Waals surface area contributed by atoms with Gasteiger partial charge < -0.3 is 9.80 Å². The fourth-order valence-electron chi connectivity index (χ4n) is 2.65. The van der Waals surface area contributed by atoms with Crippen LogP contribution in [0.5, 0.6) is 0 Å². The lowest BCUT2D eigenvalue weighted by molar-refractivity contribution is 0.0642. The molecule has 0 spiro atoms. The molecule has 0 atom stereocenters. The van der Waals surface area contributed by atoms with E-state index in [-0.39, 0.29) is 5.91 Å². The van der Waals surface area contributed by atoms with Gasteiger partial charge in [0.15, 0.2) is 0 Å².